The maximum atomic E-state index is 5.38. The van der Waals surface area contributed by atoms with E-state index in [0.717, 1.165) is 31.4 Å². The molecule has 0 bridgehead atoms. The first-order valence-electron chi connectivity index (χ1n) is 6.74. The summed E-state index contributed by atoms with van der Waals surface area (Å²) in [7, 11) is 1.70. The molecule has 0 radical (unpaired) electrons. The van der Waals surface area contributed by atoms with Gasteiger partial charge in [-0.15, -0.1) is 0 Å². The van der Waals surface area contributed by atoms with E-state index in [1.54, 1.807) is 7.11 Å². The average molecular weight is 249 g/mol. The molecule has 0 amide bonds. The third kappa shape index (κ3) is 3.72. The summed E-state index contributed by atoms with van der Waals surface area (Å²) in [5.41, 5.74) is 1.31. The van der Waals surface area contributed by atoms with Gasteiger partial charge in [-0.25, -0.2) is 0 Å². The van der Waals surface area contributed by atoms with E-state index in [4.69, 9.17) is 9.47 Å². The minimum atomic E-state index is 0.388. The number of hydrogen-bond acceptors (Lipinski definition) is 3. The minimum Gasteiger partial charge on any atom is -0.497 e. The molecule has 1 saturated heterocycles. The Balaban J connectivity index is 1.80. The topological polar surface area (TPSA) is 30.5 Å². The normalized spacial score (nSPS) is 18.6. The third-order valence-electron chi connectivity index (χ3n) is 3.67. The maximum absolute atomic E-state index is 5.38. The van der Waals surface area contributed by atoms with Crippen molar-refractivity contribution >= 4 is 0 Å². The molecule has 18 heavy (non-hydrogen) atoms. The molecule has 0 unspecified atom stereocenters. The second-order valence-electron chi connectivity index (χ2n) is 4.96. The van der Waals surface area contributed by atoms with Gasteiger partial charge in [0, 0.05) is 19.3 Å². The minimum absolute atomic E-state index is 0.388. The Labute approximate surface area is 109 Å². The molecule has 0 spiro atoms. The van der Waals surface area contributed by atoms with Crippen LogP contribution in [0.5, 0.6) is 5.75 Å². The van der Waals surface area contributed by atoms with Crippen LogP contribution in [0.1, 0.15) is 31.4 Å². The van der Waals surface area contributed by atoms with Crippen LogP contribution >= 0.6 is 0 Å². The second kappa shape index (κ2) is 6.76. The Bertz CT molecular complexity index is 344. The van der Waals surface area contributed by atoms with Crippen molar-refractivity contribution in [3.8, 4) is 5.75 Å². The van der Waals surface area contributed by atoms with E-state index in [2.05, 4.69) is 24.4 Å². The Kier molecular flexibility index (Phi) is 5.02. The van der Waals surface area contributed by atoms with Gasteiger partial charge >= 0.3 is 0 Å². The zero-order valence-electron chi connectivity index (χ0n) is 11.3. The SMILES string of the molecule is COc1ccc([C@@H](C)NCC2CCOCC2)cc1. The van der Waals surface area contributed by atoms with Gasteiger partial charge in [0.1, 0.15) is 5.75 Å². The number of nitrogens with one attached hydrogen (secondary N) is 1. The third-order valence-corrected chi connectivity index (χ3v) is 3.67. The van der Waals surface area contributed by atoms with Crippen LogP contribution in [0.2, 0.25) is 0 Å². The highest BCUT2D eigenvalue weighted by Gasteiger charge is 2.14. The number of rotatable bonds is 5. The highest BCUT2D eigenvalue weighted by atomic mass is 16.5. The van der Waals surface area contributed by atoms with Crippen molar-refractivity contribution in [2.45, 2.75) is 25.8 Å². The molecule has 3 heteroatoms. The van der Waals surface area contributed by atoms with E-state index in [9.17, 15) is 0 Å². The first-order valence-corrected chi connectivity index (χ1v) is 6.74. The fraction of sp³-hybridized carbons (Fsp3) is 0.600. The van der Waals surface area contributed by atoms with E-state index in [0.29, 0.717) is 6.04 Å². The van der Waals surface area contributed by atoms with Crippen LogP contribution in [-0.2, 0) is 4.74 Å². The predicted octanol–water partition coefficient (Wildman–Crippen LogP) is 2.77. The summed E-state index contributed by atoms with van der Waals surface area (Å²) in [6.07, 6.45) is 2.37. The number of methoxy groups -OCH3 is 1. The molecule has 2 rings (SSSR count). The summed E-state index contributed by atoms with van der Waals surface area (Å²) in [6, 6.07) is 8.67. The molecule has 0 saturated carbocycles. The van der Waals surface area contributed by atoms with Crippen LogP contribution < -0.4 is 10.1 Å². The van der Waals surface area contributed by atoms with Crippen molar-refractivity contribution in [1.82, 2.24) is 5.32 Å². The summed E-state index contributed by atoms with van der Waals surface area (Å²) < 4.78 is 10.5. The Hall–Kier alpha value is -1.06. The molecule has 0 aromatic heterocycles. The van der Waals surface area contributed by atoms with E-state index in [-0.39, 0.29) is 0 Å². The molecule has 1 heterocycles. The van der Waals surface area contributed by atoms with Crippen LogP contribution in [0.4, 0.5) is 0 Å². The summed E-state index contributed by atoms with van der Waals surface area (Å²) in [5, 5.41) is 3.61. The van der Waals surface area contributed by atoms with E-state index >= 15 is 0 Å². The molecule has 1 aliphatic heterocycles. The molecule has 100 valence electrons. The fourth-order valence-corrected chi connectivity index (χ4v) is 2.30. The van der Waals surface area contributed by atoms with Crippen LogP contribution in [0, 0.1) is 5.92 Å². The van der Waals surface area contributed by atoms with Crippen molar-refractivity contribution in [2.24, 2.45) is 5.92 Å². The molecule has 1 aliphatic rings. The second-order valence-corrected chi connectivity index (χ2v) is 4.96. The van der Waals surface area contributed by atoms with Crippen LogP contribution in [0.3, 0.4) is 0 Å². The number of hydrogen-bond donors (Lipinski definition) is 1. The standard InChI is InChI=1S/C15H23NO2/c1-12(14-3-5-15(17-2)6-4-14)16-11-13-7-9-18-10-8-13/h3-6,12-13,16H,7-11H2,1-2H3/t12-/m1/s1. The monoisotopic (exact) mass is 249 g/mol. The van der Waals surface area contributed by atoms with Crippen molar-refractivity contribution in [3.05, 3.63) is 29.8 Å². The smallest absolute Gasteiger partial charge is 0.118 e. The lowest BCUT2D eigenvalue weighted by molar-refractivity contribution is 0.0656. The molecular weight excluding hydrogens is 226 g/mol. The first kappa shape index (κ1) is 13.4. The Morgan fingerprint density at radius 2 is 1.94 bits per heavy atom. The van der Waals surface area contributed by atoms with Gasteiger partial charge in [0.2, 0.25) is 0 Å². The van der Waals surface area contributed by atoms with Crippen LogP contribution in [0.25, 0.3) is 0 Å². The lowest BCUT2D eigenvalue weighted by Crippen LogP contribution is -2.29. The molecule has 1 atom stereocenters. The van der Waals surface area contributed by atoms with Gasteiger partial charge in [-0.2, -0.15) is 0 Å². The van der Waals surface area contributed by atoms with Gasteiger partial charge in [0.05, 0.1) is 7.11 Å². The van der Waals surface area contributed by atoms with Gasteiger partial charge < -0.3 is 14.8 Å². The number of ether oxygens (including phenoxy) is 2. The fourth-order valence-electron chi connectivity index (χ4n) is 2.30. The van der Waals surface area contributed by atoms with Gasteiger partial charge in [-0.3, -0.25) is 0 Å². The van der Waals surface area contributed by atoms with Crippen molar-refractivity contribution in [1.29, 1.82) is 0 Å². The van der Waals surface area contributed by atoms with Crippen molar-refractivity contribution < 1.29 is 9.47 Å². The highest BCUT2D eigenvalue weighted by Crippen LogP contribution is 2.19. The molecule has 1 aromatic rings. The average Bonchev–Trinajstić information content (AvgIpc) is 2.46. The largest absolute Gasteiger partial charge is 0.497 e. The molecular formula is C15H23NO2. The van der Waals surface area contributed by atoms with E-state index in [1.807, 2.05) is 12.1 Å². The first-order chi connectivity index (χ1) is 8.79. The summed E-state index contributed by atoms with van der Waals surface area (Å²) >= 11 is 0. The molecule has 1 aromatic carbocycles. The lowest BCUT2D eigenvalue weighted by Gasteiger charge is -2.24. The molecule has 0 aliphatic carbocycles. The molecule has 1 N–H and O–H groups in total. The summed E-state index contributed by atoms with van der Waals surface area (Å²) in [4.78, 5) is 0. The number of benzene rings is 1. The lowest BCUT2D eigenvalue weighted by atomic mass is 9.99. The van der Waals surface area contributed by atoms with Gasteiger partial charge in [0.25, 0.3) is 0 Å². The van der Waals surface area contributed by atoms with Crippen molar-refractivity contribution in [3.63, 3.8) is 0 Å². The maximum Gasteiger partial charge on any atom is 0.118 e. The quantitative estimate of drug-likeness (QED) is 0.870. The zero-order chi connectivity index (χ0) is 12.8. The van der Waals surface area contributed by atoms with Crippen molar-refractivity contribution in [2.75, 3.05) is 26.9 Å². The van der Waals surface area contributed by atoms with Gasteiger partial charge in [-0.05, 0) is 49.9 Å². The highest BCUT2D eigenvalue weighted by molar-refractivity contribution is 5.28. The molecule has 1 fully saturated rings. The van der Waals surface area contributed by atoms with Gasteiger partial charge in [0.15, 0.2) is 0 Å². The van der Waals surface area contributed by atoms with E-state index in [1.165, 1.54) is 18.4 Å². The Morgan fingerprint density at radius 3 is 2.56 bits per heavy atom. The van der Waals surface area contributed by atoms with Crippen LogP contribution in [0.15, 0.2) is 24.3 Å². The molecule has 3 nitrogen and oxygen atoms in total. The summed E-state index contributed by atoms with van der Waals surface area (Å²) in [6.45, 7) is 5.13. The van der Waals surface area contributed by atoms with Crippen LogP contribution in [-0.4, -0.2) is 26.9 Å². The van der Waals surface area contributed by atoms with E-state index < -0.39 is 0 Å². The zero-order valence-corrected chi connectivity index (χ0v) is 11.3. The summed E-state index contributed by atoms with van der Waals surface area (Å²) in [5.74, 6) is 1.68. The van der Waals surface area contributed by atoms with Gasteiger partial charge in [-0.1, -0.05) is 12.1 Å². The Morgan fingerprint density at radius 1 is 1.28 bits per heavy atom. The predicted molar refractivity (Wildman–Crippen MR) is 73.0 cm³/mol.